The summed E-state index contributed by atoms with van der Waals surface area (Å²) >= 11 is 0. The van der Waals surface area contributed by atoms with Crippen molar-refractivity contribution >= 4 is 11.5 Å². The van der Waals surface area contributed by atoms with E-state index < -0.39 is 12.5 Å². The summed E-state index contributed by atoms with van der Waals surface area (Å²) in [6, 6.07) is 1.84. The summed E-state index contributed by atoms with van der Waals surface area (Å²) in [4.78, 5) is 23.2. The molecule has 0 aliphatic rings. The molecule has 0 amide bonds. The Hall–Kier alpha value is -2.11. The predicted molar refractivity (Wildman–Crippen MR) is 79.8 cm³/mol. The maximum atomic E-state index is 12.3. The number of unbranched alkanes of at least 4 members (excludes halogenated alkanes) is 1. The third-order valence-corrected chi connectivity index (χ3v) is 3.51. The average molecular weight is 291 g/mol. The van der Waals surface area contributed by atoms with Gasteiger partial charge in [0.1, 0.15) is 17.9 Å². The quantitative estimate of drug-likeness (QED) is 0.883. The van der Waals surface area contributed by atoms with E-state index in [4.69, 9.17) is 5.11 Å². The van der Waals surface area contributed by atoms with Gasteiger partial charge in [-0.2, -0.15) is 5.10 Å². The lowest BCUT2D eigenvalue weighted by Gasteiger charge is -2.08. The summed E-state index contributed by atoms with van der Waals surface area (Å²) < 4.78 is 2.86. The maximum absolute atomic E-state index is 12.3. The molecule has 2 heterocycles. The number of fused-ring (bicyclic) bond motifs is 1. The summed E-state index contributed by atoms with van der Waals surface area (Å²) in [5.74, 6) is -0.0260. The van der Waals surface area contributed by atoms with Gasteiger partial charge in [-0.3, -0.25) is 14.0 Å². The highest BCUT2D eigenvalue weighted by atomic mass is 16.4. The smallest absolute Gasteiger partial charge is 0.325 e. The van der Waals surface area contributed by atoms with Crippen LogP contribution in [0, 0.1) is 0 Å². The number of nitrogens with zero attached hydrogens (tertiary/aromatic N) is 3. The van der Waals surface area contributed by atoms with Crippen LogP contribution in [-0.2, 0) is 17.8 Å². The van der Waals surface area contributed by atoms with Crippen LogP contribution in [0.1, 0.15) is 50.9 Å². The van der Waals surface area contributed by atoms with Crippen molar-refractivity contribution in [1.29, 1.82) is 0 Å². The number of hydrogen-bond donors (Lipinski definition) is 1. The monoisotopic (exact) mass is 291 g/mol. The number of carboxylic acid groups (broad SMARTS) is 1. The highest BCUT2D eigenvalue weighted by Gasteiger charge is 2.14. The molecule has 0 aliphatic heterocycles. The van der Waals surface area contributed by atoms with E-state index in [9.17, 15) is 9.59 Å². The van der Waals surface area contributed by atoms with E-state index in [0.29, 0.717) is 11.4 Å². The van der Waals surface area contributed by atoms with Crippen LogP contribution in [-0.4, -0.2) is 25.3 Å². The number of aryl methyl sites for hydroxylation is 1. The minimum atomic E-state index is -1.06. The molecule has 21 heavy (non-hydrogen) atoms. The van der Waals surface area contributed by atoms with Crippen molar-refractivity contribution in [2.45, 2.75) is 52.5 Å². The molecule has 6 heteroatoms. The van der Waals surface area contributed by atoms with Crippen molar-refractivity contribution < 1.29 is 9.90 Å². The summed E-state index contributed by atoms with van der Waals surface area (Å²) in [5, 5.41) is 13.2. The predicted octanol–water partition coefficient (Wildman–Crippen LogP) is 2.05. The Morgan fingerprint density at radius 1 is 1.43 bits per heavy atom. The zero-order valence-electron chi connectivity index (χ0n) is 12.7. The van der Waals surface area contributed by atoms with Crippen molar-refractivity contribution in [2.24, 2.45) is 0 Å². The molecule has 2 aromatic heterocycles. The van der Waals surface area contributed by atoms with Gasteiger partial charge in [0.05, 0.1) is 0 Å². The molecule has 0 bridgehead atoms. The third kappa shape index (κ3) is 3.15. The van der Waals surface area contributed by atoms with Gasteiger partial charge < -0.3 is 5.11 Å². The molecule has 2 aromatic rings. The Labute approximate surface area is 123 Å². The van der Waals surface area contributed by atoms with Gasteiger partial charge in [-0.25, -0.2) is 4.68 Å². The molecular formula is C15H21N3O3. The van der Waals surface area contributed by atoms with Crippen molar-refractivity contribution in [3.05, 3.63) is 34.0 Å². The zero-order chi connectivity index (χ0) is 15.6. The van der Waals surface area contributed by atoms with Crippen LogP contribution in [0.4, 0.5) is 0 Å². The second kappa shape index (κ2) is 6.11. The molecule has 0 atom stereocenters. The van der Waals surface area contributed by atoms with Gasteiger partial charge in [0.25, 0.3) is 5.56 Å². The van der Waals surface area contributed by atoms with Gasteiger partial charge in [-0.05, 0) is 24.0 Å². The first-order chi connectivity index (χ1) is 9.93. The van der Waals surface area contributed by atoms with Gasteiger partial charge in [0.2, 0.25) is 0 Å². The minimum Gasteiger partial charge on any atom is -0.480 e. The van der Waals surface area contributed by atoms with E-state index in [0.717, 1.165) is 35.3 Å². The molecule has 0 aromatic carbocycles. The number of carboxylic acids is 1. The summed E-state index contributed by atoms with van der Waals surface area (Å²) in [7, 11) is 0. The third-order valence-electron chi connectivity index (χ3n) is 3.51. The lowest BCUT2D eigenvalue weighted by Crippen LogP contribution is -2.29. The lowest BCUT2D eigenvalue weighted by atomic mass is 10.1. The van der Waals surface area contributed by atoms with Gasteiger partial charge >= 0.3 is 5.97 Å². The molecule has 114 valence electrons. The largest absolute Gasteiger partial charge is 0.480 e. The van der Waals surface area contributed by atoms with Gasteiger partial charge in [-0.15, -0.1) is 0 Å². The standard InChI is InChI=1S/C15H21N3O3/c1-4-5-6-13-16-18(9-14(19)20)15(21)12-7-11(10(2)3)8-17(12)13/h7-8,10H,4-6,9H2,1-3H3,(H,19,20). The maximum Gasteiger partial charge on any atom is 0.325 e. The van der Waals surface area contributed by atoms with Crippen molar-refractivity contribution in [3.63, 3.8) is 0 Å². The molecule has 0 spiro atoms. The molecule has 0 aliphatic carbocycles. The first-order valence-electron chi connectivity index (χ1n) is 7.27. The normalized spacial score (nSPS) is 11.4. The fourth-order valence-electron chi connectivity index (χ4n) is 2.28. The van der Waals surface area contributed by atoms with Crippen LogP contribution in [0.25, 0.3) is 5.52 Å². The van der Waals surface area contributed by atoms with Crippen LogP contribution < -0.4 is 5.56 Å². The molecule has 2 rings (SSSR count). The zero-order valence-corrected chi connectivity index (χ0v) is 12.7. The second-order valence-electron chi connectivity index (χ2n) is 5.56. The Bertz CT molecular complexity index is 713. The molecule has 0 saturated heterocycles. The number of carbonyl (C=O) groups is 1. The highest BCUT2D eigenvalue weighted by Crippen LogP contribution is 2.18. The Kier molecular flexibility index (Phi) is 4.45. The van der Waals surface area contributed by atoms with Crippen molar-refractivity contribution in [2.75, 3.05) is 0 Å². The topological polar surface area (TPSA) is 76.6 Å². The molecule has 0 saturated carbocycles. The van der Waals surface area contributed by atoms with Crippen LogP contribution in [0.2, 0.25) is 0 Å². The van der Waals surface area contributed by atoms with E-state index >= 15 is 0 Å². The first-order valence-corrected chi connectivity index (χ1v) is 7.27. The van der Waals surface area contributed by atoms with Crippen LogP contribution in [0.3, 0.4) is 0 Å². The summed E-state index contributed by atoms with van der Waals surface area (Å²) in [6.45, 7) is 5.80. The van der Waals surface area contributed by atoms with E-state index in [1.165, 1.54) is 0 Å². The number of hydrogen-bond acceptors (Lipinski definition) is 3. The van der Waals surface area contributed by atoms with Crippen LogP contribution in [0.15, 0.2) is 17.1 Å². The summed E-state index contributed by atoms with van der Waals surface area (Å²) in [6.07, 6.45) is 4.62. The van der Waals surface area contributed by atoms with Crippen LogP contribution in [0.5, 0.6) is 0 Å². The molecule has 6 nitrogen and oxygen atoms in total. The molecule has 1 N–H and O–H groups in total. The average Bonchev–Trinajstić information content (AvgIpc) is 2.86. The molecule has 0 unspecified atom stereocenters. The van der Waals surface area contributed by atoms with Crippen LogP contribution >= 0.6 is 0 Å². The Morgan fingerprint density at radius 3 is 2.71 bits per heavy atom. The number of aliphatic carboxylic acids is 1. The van der Waals surface area contributed by atoms with Gasteiger partial charge in [-0.1, -0.05) is 27.2 Å². The molecule has 0 radical (unpaired) electrons. The minimum absolute atomic E-state index is 0.302. The second-order valence-corrected chi connectivity index (χ2v) is 5.56. The first kappa shape index (κ1) is 15.3. The van der Waals surface area contributed by atoms with E-state index in [2.05, 4.69) is 25.9 Å². The number of aromatic nitrogens is 3. The van der Waals surface area contributed by atoms with Crippen molar-refractivity contribution in [3.8, 4) is 0 Å². The number of rotatable bonds is 6. The fraction of sp³-hybridized carbons (Fsp3) is 0.533. The lowest BCUT2D eigenvalue weighted by molar-refractivity contribution is -0.138. The Balaban J connectivity index is 2.63. The van der Waals surface area contributed by atoms with Crippen molar-refractivity contribution in [1.82, 2.24) is 14.2 Å². The Morgan fingerprint density at radius 2 is 2.14 bits per heavy atom. The highest BCUT2D eigenvalue weighted by molar-refractivity contribution is 5.66. The molecule has 0 fully saturated rings. The van der Waals surface area contributed by atoms with E-state index in [-0.39, 0.29) is 5.56 Å². The fourth-order valence-corrected chi connectivity index (χ4v) is 2.28. The SMILES string of the molecule is CCCCc1nn(CC(=O)O)c(=O)c2cc(C(C)C)cn12. The molecular weight excluding hydrogens is 270 g/mol. The van der Waals surface area contributed by atoms with Gasteiger partial charge in [0, 0.05) is 12.6 Å². The summed E-state index contributed by atoms with van der Waals surface area (Å²) in [5.41, 5.74) is 1.20. The van der Waals surface area contributed by atoms with E-state index in [1.807, 2.05) is 16.7 Å². The van der Waals surface area contributed by atoms with E-state index in [1.54, 1.807) is 0 Å². The van der Waals surface area contributed by atoms with Gasteiger partial charge in [0.15, 0.2) is 0 Å².